The third-order valence-electron chi connectivity index (χ3n) is 6.74. The molecule has 1 aliphatic heterocycles. The molecule has 2 fully saturated rings. The molecule has 9 nitrogen and oxygen atoms in total. The van der Waals surface area contributed by atoms with Crippen molar-refractivity contribution in [1.82, 2.24) is 30.2 Å². The van der Waals surface area contributed by atoms with Crippen LogP contribution in [0.15, 0.2) is 35.4 Å². The summed E-state index contributed by atoms with van der Waals surface area (Å²) in [4.78, 5) is 44.5. The molecule has 1 aliphatic carbocycles. The van der Waals surface area contributed by atoms with Crippen LogP contribution < -0.4 is 15.8 Å². The van der Waals surface area contributed by atoms with Crippen LogP contribution in [0.4, 0.5) is 10.1 Å². The molecule has 1 saturated carbocycles. The summed E-state index contributed by atoms with van der Waals surface area (Å²) in [6.07, 6.45) is 5.78. The summed E-state index contributed by atoms with van der Waals surface area (Å²) < 4.78 is 13.4. The highest BCUT2D eigenvalue weighted by atomic mass is 19.1. The lowest BCUT2D eigenvalue weighted by molar-refractivity contribution is 0.0958. The number of H-pyrrole nitrogens is 1. The maximum atomic E-state index is 13.4. The van der Waals surface area contributed by atoms with Crippen molar-refractivity contribution in [3.05, 3.63) is 58.3 Å². The van der Waals surface area contributed by atoms with E-state index in [2.05, 4.69) is 35.1 Å². The van der Waals surface area contributed by atoms with Gasteiger partial charge in [0.1, 0.15) is 17.3 Å². The molecule has 172 valence electrons. The fourth-order valence-electron chi connectivity index (χ4n) is 4.93. The van der Waals surface area contributed by atoms with E-state index in [1.165, 1.54) is 6.07 Å². The molecule has 0 unspecified atom stereocenters. The minimum Gasteiger partial charge on any atom is -0.368 e. The Kier molecular flexibility index (Phi) is 5.76. The highest BCUT2D eigenvalue weighted by Crippen LogP contribution is 2.36. The standard InChI is InChI=1S/C23H26FN7O2/c1-25-23(33)19-5-4-17(13-26-19)31-8-6-30(7-9-31)16-3-2-14(10-16)20-28-21-18(22(32)29-20)11-15(24)12-27-21/h4-5,11-14,16H,2-3,6-10H2,1H3,(H,25,33)(H,27,28,29,32)/t14-,16+/m1/s1. The highest BCUT2D eigenvalue weighted by molar-refractivity contribution is 5.92. The second-order valence-corrected chi connectivity index (χ2v) is 8.64. The first-order valence-electron chi connectivity index (χ1n) is 11.2. The lowest BCUT2D eigenvalue weighted by Gasteiger charge is -2.39. The molecule has 0 radical (unpaired) electrons. The summed E-state index contributed by atoms with van der Waals surface area (Å²) in [6.45, 7) is 3.67. The molecule has 0 aromatic carbocycles. The van der Waals surface area contributed by atoms with Gasteiger partial charge < -0.3 is 15.2 Å². The molecule has 33 heavy (non-hydrogen) atoms. The normalized spacial score (nSPS) is 21.5. The van der Waals surface area contributed by atoms with Crippen molar-refractivity contribution in [2.24, 2.45) is 0 Å². The van der Waals surface area contributed by atoms with E-state index in [0.717, 1.165) is 57.3 Å². The SMILES string of the molecule is CNC(=O)c1ccc(N2CCN([C@H]3CC[C@@H](c4nc5ncc(F)cc5c(=O)[nH]4)C3)CC2)cn1. The van der Waals surface area contributed by atoms with Crippen LogP contribution in [0.3, 0.4) is 0 Å². The van der Waals surface area contributed by atoms with Crippen molar-refractivity contribution in [2.75, 3.05) is 38.1 Å². The Morgan fingerprint density at radius 3 is 2.70 bits per heavy atom. The molecule has 2 aliphatic rings. The first kappa shape index (κ1) is 21.4. The lowest BCUT2D eigenvalue weighted by Crippen LogP contribution is -2.49. The van der Waals surface area contributed by atoms with Gasteiger partial charge in [-0.1, -0.05) is 0 Å². The molecule has 10 heteroatoms. The summed E-state index contributed by atoms with van der Waals surface area (Å²) in [7, 11) is 1.59. The van der Waals surface area contributed by atoms with Gasteiger partial charge in [-0.3, -0.25) is 14.5 Å². The minimum atomic E-state index is -0.541. The summed E-state index contributed by atoms with van der Waals surface area (Å²) in [6, 6.07) is 5.31. The number of aromatic nitrogens is 4. The number of halogens is 1. The molecule has 3 aromatic heterocycles. The van der Waals surface area contributed by atoms with Crippen LogP contribution >= 0.6 is 0 Å². The third kappa shape index (κ3) is 4.30. The molecule has 0 bridgehead atoms. The maximum Gasteiger partial charge on any atom is 0.269 e. The van der Waals surface area contributed by atoms with Gasteiger partial charge in [0.2, 0.25) is 0 Å². The fraction of sp³-hybridized carbons (Fsp3) is 0.435. The number of hydrogen-bond donors (Lipinski definition) is 2. The summed E-state index contributed by atoms with van der Waals surface area (Å²) >= 11 is 0. The average Bonchev–Trinajstić information content (AvgIpc) is 3.34. The topological polar surface area (TPSA) is 107 Å². The van der Waals surface area contributed by atoms with Gasteiger partial charge in [-0.15, -0.1) is 0 Å². The van der Waals surface area contributed by atoms with Crippen LogP contribution in [0.2, 0.25) is 0 Å². The molecule has 2 atom stereocenters. The number of carbonyl (C=O) groups excluding carboxylic acids is 1. The molecule has 5 rings (SSSR count). The third-order valence-corrected chi connectivity index (χ3v) is 6.74. The number of nitrogens with one attached hydrogen (secondary N) is 2. The van der Waals surface area contributed by atoms with Gasteiger partial charge >= 0.3 is 0 Å². The van der Waals surface area contributed by atoms with Crippen molar-refractivity contribution >= 4 is 22.6 Å². The van der Waals surface area contributed by atoms with E-state index in [4.69, 9.17) is 0 Å². The zero-order valence-electron chi connectivity index (χ0n) is 18.4. The number of amides is 1. The smallest absolute Gasteiger partial charge is 0.269 e. The Morgan fingerprint density at radius 2 is 1.97 bits per heavy atom. The zero-order valence-corrected chi connectivity index (χ0v) is 18.4. The largest absolute Gasteiger partial charge is 0.368 e. The number of carbonyl (C=O) groups is 1. The average molecular weight is 452 g/mol. The van der Waals surface area contributed by atoms with Crippen LogP contribution in [0.1, 0.15) is 41.5 Å². The van der Waals surface area contributed by atoms with Crippen molar-refractivity contribution < 1.29 is 9.18 Å². The number of hydrogen-bond acceptors (Lipinski definition) is 7. The predicted molar refractivity (Wildman–Crippen MR) is 122 cm³/mol. The highest BCUT2D eigenvalue weighted by Gasteiger charge is 2.33. The number of aromatic amines is 1. The van der Waals surface area contributed by atoms with Gasteiger partial charge in [0, 0.05) is 45.2 Å². The van der Waals surface area contributed by atoms with Crippen LogP contribution in [-0.2, 0) is 0 Å². The number of pyridine rings is 2. The van der Waals surface area contributed by atoms with E-state index in [1.807, 2.05) is 6.07 Å². The molecular weight excluding hydrogens is 425 g/mol. The Balaban J connectivity index is 1.21. The molecule has 3 aromatic rings. The van der Waals surface area contributed by atoms with Crippen LogP contribution in [0.5, 0.6) is 0 Å². The van der Waals surface area contributed by atoms with Crippen molar-refractivity contribution in [2.45, 2.75) is 31.2 Å². The number of fused-ring (bicyclic) bond motifs is 1. The predicted octanol–water partition coefficient (Wildman–Crippen LogP) is 1.67. The van der Waals surface area contributed by atoms with E-state index in [0.29, 0.717) is 23.2 Å². The molecule has 4 heterocycles. The van der Waals surface area contributed by atoms with Gasteiger partial charge in [0.05, 0.1) is 23.5 Å². The quantitative estimate of drug-likeness (QED) is 0.621. The summed E-state index contributed by atoms with van der Waals surface area (Å²) in [5, 5.41) is 2.76. The Bertz CT molecular complexity index is 1220. The number of anilines is 1. The fourth-order valence-corrected chi connectivity index (χ4v) is 4.93. The lowest BCUT2D eigenvalue weighted by atomic mass is 10.1. The Hall–Kier alpha value is -3.40. The van der Waals surface area contributed by atoms with Gasteiger partial charge in [-0.05, 0) is 37.5 Å². The van der Waals surface area contributed by atoms with Gasteiger partial charge in [0.15, 0.2) is 5.65 Å². The van der Waals surface area contributed by atoms with Gasteiger partial charge in [0.25, 0.3) is 11.5 Å². The Morgan fingerprint density at radius 1 is 1.15 bits per heavy atom. The van der Waals surface area contributed by atoms with Crippen molar-refractivity contribution in [3.8, 4) is 0 Å². The van der Waals surface area contributed by atoms with Crippen LogP contribution in [0, 0.1) is 5.82 Å². The monoisotopic (exact) mass is 451 g/mol. The molecule has 0 spiro atoms. The zero-order chi connectivity index (χ0) is 22.9. The van der Waals surface area contributed by atoms with E-state index >= 15 is 0 Å². The molecule has 1 amide bonds. The molecule has 2 N–H and O–H groups in total. The van der Waals surface area contributed by atoms with Crippen LogP contribution in [0.25, 0.3) is 11.0 Å². The number of nitrogens with zero attached hydrogens (tertiary/aromatic N) is 5. The van der Waals surface area contributed by atoms with E-state index < -0.39 is 5.82 Å². The first-order valence-corrected chi connectivity index (χ1v) is 11.2. The minimum absolute atomic E-state index is 0.165. The molecular formula is C23H26FN7O2. The molecule has 1 saturated heterocycles. The number of rotatable bonds is 4. The van der Waals surface area contributed by atoms with Crippen molar-refractivity contribution in [1.29, 1.82) is 0 Å². The van der Waals surface area contributed by atoms with Crippen LogP contribution in [-0.4, -0.2) is 70.0 Å². The van der Waals surface area contributed by atoms with Gasteiger partial charge in [-0.2, -0.15) is 0 Å². The summed E-state index contributed by atoms with van der Waals surface area (Å²) in [5.41, 5.74) is 1.39. The van der Waals surface area contributed by atoms with E-state index in [1.54, 1.807) is 19.3 Å². The van der Waals surface area contributed by atoms with Crippen molar-refractivity contribution in [3.63, 3.8) is 0 Å². The van der Waals surface area contributed by atoms with E-state index in [9.17, 15) is 14.0 Å². The maximum absolute atomic E-state index is 13.4. The Labute approximate surface area is 190 Å². The summed E-state index contributed by atoms with van der Waals surface area (Å²) in [5.74, 6) is 0.0848. The first-order chi connectivity index (χ1) is 16.0. The van der Waals surface area contributed by atoms with E-state index in [-0.39, 0.29) is 22.8 Å². The van der Waals surface area contributed by atoms with Gasteiger partial charge in [-0.25, -0.2) is 19.3 Å². The number of piperazine rings is 1. The second kappa shape index (κ2) is 8.86. The second-order valence-electron chi connectivity index (χ2n) is 8.64.